The lowest BCUT2D eigenvalue weighted by molar-refractivity contribution is -0.179. The number of aryl methyl sites for hydroxylation is 1. The third kappa shape index (κ3) is 5.14. The van der Waals surface area contributed by atoms with Gasteiger partial charge in [-0.2, -0.15) is 4.89 Å². The fourth-order valence-corrected chi connectivity index (χ4v) is 1.53. The molecule has 0 N–H and O–H groups in total. The molecule has 0 saturated heterocycles. The zero-order valence-corrected chi connectivity index (χ0v) is 12.4. The summed E-state index contributed by atoms with van der Waals surface area (Å²) in [6.45, 7) is 6.63. The second-order valence-corrected chi connectivity index (χ2v) is 3.42. The number of hydrogen-bond donors (Lipinski definition) is 0. The summed E-state index contributed by atoms with van der Waals surface area (Å²) in [4.78, 5) is 9.64. The largest absolute Gasteiger partial charge is 0.337 e. The van der Waals surface area contributed by atoms with Gasteiger partial charge < -0.3 is 7.95 Å². The molecule has 0 bridgehead atoms. The van der Waals surface area contributed by atoms with Gasteiger partial charge in [0.1, 0.15) is 23.0 Å². The van der Waals surface area contributed by atoms with Crippen molar-refractivity contribution in [1.29, 1.82) is 0 Å². The first-order valence-corrected chi connectivity index (χ1v) is 6.26. The van der Waals surface area contributed by atoms with Crippen LogP contribution in [-0.4, -0.2) is 7.11 Å². The minimum Gasteiger partial charge on any atom is -0.337 e. The van der Waals surface area contributed by atoms with Gasteiger partial charge >= 0.3 is 0 Å². The molecule has 0 radical (unpaired) electrons. The van der Waals surface area contributed by atoms with Gasteiger partial charge in [0.2, 0.25) is 0 Å². The van der Waals surface area contributed by atoms with E-state index in [1.165, 1.54) is 12.7 Å². The predicted octanol–water partition coefficient (Wildman–Crippen LogP) is 4.08. The second kappa shape index (κ2) is 9.86. The summed E-state index contributed by atoms with van der Waals surface area (Å²) in [5, 5.41) is 0. The van der Waals surface area contributed by atoms with E-state index < -0.39 is 0 Å². The molecule has 1 aromatic rings. The van der Waals surface area contributed by atoms with Crippen molar-refractivity contribution in [2.24, 2.45) is 0 Å². The minimum absolute atomic E-state index is 0.521. The Morgan fingerprint density at radius 3 is 2.44 bits per heavy atom. The zero-order chi connectivity index (χ0) is 12.4. The minimum atomic E-state index is 0.521. The summed E-state index contributed by atoms with van der Waals surface area (Å²) in [7, 11) is 1.49. The molecule has 16 heavy (non-hydrogen) atoms. The third-order valence-corrected chi connectivity index (χ3v) is 2.23. The van der Waals surface area contributed by atoms with Gasteiger partial charge in [-0.1, -0.05) is 26.8 Å². The summed E-state index contributed by atoms with van der Waals surface area (Å²) in [6, 6.07) is 5.98. The standard InChI is InChI=1S/C10H13IO3.C2H6/c1-3-8-4-5-10(14-12-2)9(6-8)7-13-11;1-2/h4-6H,3,7H2,1-2H3;1-2H3. The zero-order valence-electron chi connectivity index (χ0n) is 10.2. The van der Waals surface area contributed by atoms with Crippen molar-refractivity contribution in [3.8, 4) is 5.75 Å². The molecular weight excluding hydrogens is 319 g/mol. The fourth-order valence-electron chi connectivity index (χ4n) is 1.20. The fraction of sp³-hybridized carbons (Fsp3) is 0.500. The first-order valence-electron chi connectivity index (χ1n) is 5.37. The van der Waals surface area contributed by atoms with Crippen molar-refractivity contribution >= 4 is 23.0 Å². The maximum absolute atomic E-state index is 5.05. The Balaban J connectivity index is 0.00000106. The van der Waals surface area contributed by atoms with Crippen LogP contribution in [0.15, 0.2) is 18.2 Å². The highest BCUT2D eigenvalue weighted by atomic mass is 127. The molecule has 1 rings (SSSR count). The van der Waals surface area contributed by atoms with Crippen molar-refractivity contribution in [2.45, 2.75) is 33.8 Å². The van der Waals surface area contributed by atoms with Crippen LogP contribution >= 0.6 is 23.0 Å². The first kappa shape index (κ1) is 15.7. The van der Waals surface area contributed by atoms with E-state index in [0.717, 1.165) is 12.0 Å². The Bertz CT molecular complexity index is 290. The Hall–Kier alpha value is -0.330. The van der Waals surface area contributed by atoms with Crippen molar-refractivity contribution in [3.63, 3.8) is 0 Å². The highest BCUT2D eigenvalue weighted by molar-refractivity contribution is 14.1. The van der Waals surface area contributed by atoms with Crippen molar-refractivity contribution in [1.82, 2.24) is 0 Å². The average Bonchev–Trinajstić information content (AvgIpc) is 2.34. The summed E-state index contributed by atoms with van der Waals surface area (Å²) in [5.41, 5.74) is 2.26. The molecule has 0 aliphatic heterocycles. The Morgan fingerprint density at radius 1 is 1.25 bits per heavy atom. The van der Waals surface area contributed by atoms with Crippen molar-refractivity contribution < 1.29 is 12.8 Å². The molecule has 0 aliphatic carbocycles. The van der Waals surface area contributed by atoms with Crippen LogP contribution < -0.4 is 4.89 Å². The number of hydrogen-bond acceptors (Lipinski definition) is 3. The molecule has 0 aromatic heterocycles. The summed E-state index contributed by atoms with van der Waals surface area (Å²) in [6.07, 6.45) is 1.00. The Labute approximate surface area is 112 Å². The van der Waals surface area contributed by atoms with E-state index in [2.05, 4.69) is 17.9 Å². The Kier molecular flexibility index (Phi) is 9.66. The molecular formula is C12H19IO3. The number of benzene rings is 1. The lowest BCUT2D eigenvalue weighted by atomic mass is 10.1. The van der Waals surface area contributed by atoms with Crippen LogP contribution in [0.2, 0.25) is 0 Å². The molecule has 0 unspecified atom stereocenters. The van der Waals surface area contributed by atoms with E-state index in [1.54, 1.807) is 0 Å². The van der Waals surface area contributed by atoms with Crippen LogP contribution in [0.1, 0.15) is 31.9 Å². The molecule has 0 fully saturated rings. The van der Waals surface area contributed by atoms with Crippen LogP contribution in [-0.2, 0) is 21.0 Å². The quantitative estimate of drug-likeness (QED) is 0.460. The highest BCUT2D eigenvalue weighted by Crippen LogP contribution is 2.22. The van der Waals surface area contributed by atoms with Crippen LogP contribution in [0.4, 0.5) is 0 Å². The van der Waals surface area contributed by atoms with E-state index in [0.29, 0.717) is 12.4 Å². The molecule has 0 saturated carbocycles. The maximum Gasteiger partial charge on any atom is 0.170 e. The van der Waals surface area contributed by atoms with Crippen LogP contribution in [0.5, 0.6) is 5.75 Å². The summed E-state index contributed by atoms with van der Waals surface area (Å²) < 4.78 is 5.05. The Morgan fingerprint density at radius 2 is 1.94 bits per heavy atom. The molecule has 0 heterocycles. The van der Waals surface area contributed by atoms with Crippen LogP contribution in [0, 0.1) is 0 Å². The molecule has 0 spiro atoms. The molecule has 1 aromatic carbocycles. The van der Waals surface area contributed by atoms with Crippen LogP contribution in [0.3, 0.4) is 0 Å². The third-order valence-electron chi connectivity index (χ3n) is 1.92. The van der Waals surface area contributed by atoms with E-state index in [4.69, 9.17) is 7.95 Å². The summed E-state index contributed by atoms with van der Waals surface area (Å²) in [5.74, 6) is 0.710. The first-order chi connectivity index (χ1) is 7.81. The van der Waals surface area contributed by atoms with E-state index in [9.17, 15) is 0 Å². The normalized spacial score (nSPS) is 9.31. The maximum atomic E-state index is 5.05. The van der Waals surface area contributed by atoms with Crippen LogP contribution in [0.25, 0.3) is 0 Å². The second-order valence-electron chi connectivity index (χ2n) is 2.80. The van der Waals surface area contributed by atoms with Gasteiger partial charge in [-0.3, -0.25) is 0 Å². The number of halogens is 1. The summed E-state index contributed by atoms with van der Waals surface area (Å²) >= 11 is 1.86. The molecule has 92 valence electrons. The van der Waals surface area contributed by atoms with Gasteiger partial charge in [0.05, 0.1) is 13.7 Å². The van der Waals surface area contributed by atoms with E-state index in [-0.39, 0.29) is 0 Å². The van der Waals surface area contributed by atoms with Gasteiger partial charge in [0.25, 0.3) is 0 Å². The van der Waals surface area contributed by atoms with Gasteiger partial charge in [0, 0.05) is 5.56 Å². The smallest absolute Gasteiger partial charge is 0.170 e. The van der Waals surface area contributed by atoms with Crippen molar-refractivity contribution in [3.05, 3.63) is 29.3 Å². The van der Waals surface area contributed by atoms with Gasteiger partial charge in [0.15, 0.2) is 5.75 Å². The molecule has 0 atom stereocenters. The monoisotopic (exact) mass is 338 g/mol. The lowest BCUT2D eigenvalue weighted by Gasteiger charge is -2.08. The average molecular weight is 338 g/mol. The molecule has 0 amide bonds. The van der Waals surface area contributed by atoms with Gasteiger partial charge in [-0.15, -0.1) is 0 Å². The molecule has 0 aliphatic rings. The highest BCUT2D eigenvalue weighted by Gasteiger charge is 2.05. The van der Waals surface area contributed by atoms with Crippen molar-refractivity contribution in [2.75, 3.05) is 7.11 Å². The van der Waals surface area contributed by atoms with E-state index in [1.807, 2.05) is 49.0 Å². The SMILES string of the molecule is CC.CCc1ccc(OOC)c(COI)c1. The molecule has 4 heteroatoms. The topological polar surface area (TPSA) is 27.7 Å². The number of rotatable bonds is 5. The van der Waals surface area contributed by atoms with Gasteiger partial charge in [-0.25, -0.2) is 0 Å². The molecule has 3 nitrogen and oxygen atoms in total. The van der Waals surface area contributed by atoms with E-state index >= 15 is 0 Å². The lowest BCUT2D eigenvalue weighted by Crippen LogP contribution is -1.97. The van der Waals surface area contributed by atoms with Gasteiger partial charge in [-0.05, 0) is 24.1 Å². The predicted molar refractivity (Wildman–Crippen MR) is 73.6 cm³/mol.